The molecule has 1 aromatic heterocycles. The van der Waals surface area contributed by atoms with E-state index in [0.29, 0.717) is 22.5 Å². The summed E-state index contributed by atoms with van der Waals surface area (Å²) in [5, 5.41) is 12.9. The SMILES string of the molecule is C=CCn1c(SCC(=O)NC(CC)CC)nnc1-c1ccc(Cl)cc1. The van der Waals surface area contributed by atoms with Gasteiger partial charge in [0.15, 0.2) is 11.0 Å². The fraction of sp³-hybridized carbons (Fsp3) is 0.389. The van der Waals surface area contributed by atoms with Gasteiger partial charge in [0.2, 0.25) is 5.91 Å². The van der Waals surface area contributed by atoms with Crippen molar-refractivity contribution in [3.63, 3.8) is 0 Å². The van der Waals surface area contributed by atoms with Crippen LogP contribution >= 0.6 is 23.4 Å². The molecule has 134 valence electrons. The Morgan fingerprint density at radius 1 is 1.32 bits per heavy atom. The van der Waals surface area contributed by atoms with E-state index in [1.165, 1.54) is 11.8 Å². The molecule has 0 saturated carbocycles. The molecule has 0 radical (unpaired) electrons. The highest BCUT2D eigenvalue weighted by Crippen LogP contribution is 2.25. The van der Waals surface area contributed by atoms with Gasteiger partial charge in [-0.2, -0.15) is 0 Å². The number of benzene rings is 1. The number of carbonyl (C=O) groups excluding carboxylic acids is 1. The quantitative estimate of drug-likeness (QED) is 0.525. The standard InChI is InChI=1S/C18H23ClN4OS/c1-4-11-23-17(13-7-9-14(19)10-8-13)21-22-18(23)25-12-16(24)20-15(5-2)6-3/h4,7-10,15H,1,5-6,11-12H2,2-3H3,(H,20,24). The Labute approximate surface area is 157 Å². The number of nitrogens with one attached hydrogen (secondary N) is 1. The highest BCUT2D eigenvalue weighted by molar-refractivity contribution is 7.99. The molecular weight excluding hydrogens is 356 g/mol. The lowest BCUT2D eigenvalue weighted by molar-refractivity contribution is -0.119. The first kappa shape index (κ1) is 19.5. The molecule has 0 bridgehead atoms. The first-order valence-corrected chi connectivity index (χ1v) is 9.67. The zero-order valence-electron chi connectivity index (χ0n) is 14.5. The summed E-state index contributed by atoms with van der Waals surface area (Å²) in [6, 6.07) is 7.67. The lowest BCUT2D eigenvalue weighted by Crippen LogP contribution is -2.35. The third-order valence-electron chi connectivity index (χ3n) is 3.81. The molecule has 1 aromatic carbocycles. The van der Waals surface area contributed by atoms with Gasteiger partial charge in [0.25, 0.3) is 0 Å². The smallest absolute Gasteiger partial charge is 0.230 e. The first-order valence-electron chi connectivity index (χ1n) is 8.31. The van der Waals surface area contributed by atoms with Gasteiger partial charge < -0.3 is 5.32 Å². The summed E-state index contributed by atoms with van der Waals surface area (Å²) < 4.78 is 1.95. The summed E-state index contributed by atoms with van der Waals surface area (Å²) in [5.74, 6) is 1.06. The topological polar surface area (TPSA) is 59.8 Å². The van der Waals surface area contributed by atoms with Crippen LogP contribution in [-0.4, -0.2) is 32.5 Å². The van der Waals surface area contributed by atoms with Crippen LogP contribution in [0.4, 0.5) is 0 Å². The van der Waals surface area contributed by atoms with Gasteiger partial charge in [-0.05, 0) is 37.1 Å². The summed E-state index contributed by atoms with van der Waals surface area (Å²) in [6.07, 6.45) is 3.65. The Balaban J connectivity index is 2.12. The van der Waals surface area contributed by atoms with Gasteiger partial charge in [0.1, 0.15) is 0 Å². The Morgan fingerprint density at radius 3 is 2.60 bits per heavy atom. The van der Waals surface area contributed by atoms with E-state index in [4.69, 9.17) is 11.6 Å². The maximum Gasteiger partial charge on any atom is 0.230 e. The molecule has 0 spiro atoms. The molecule has 0 aliphatic heterocycles. The van der Waals surface area contributed by atoms with E-state index in [1.54, 1.807) is 6.08 Å². The molecule has 5 nitrogen and oxygen atoms in total. The Morgan fingerprint density at radius 2 is 2.00 bits per heavy atom. The molecule has 0 aliphatic carbocycles. The van der Waals surface area contributed by atoms with Gasteiger partial charge in [0.05, 0.1) is 5.75 Å². The second kappa shape index (κ2) is 9.63. The lowest BCUT2D eigenvalue weighted by atomic mass is 10.2. The van der Waals surface area contributed by atoms with Crippen LogP contribution in [0.5, 0.6) is 0 Å². The Hall–Kier alpha value is -1.79. The van der Waals surface area contributed by atoms with Crippen molar-refractivity contribution in [3.05, 3.63) is 41.9 Å². The van der Waals surface area contributed by atoms with Crippen LogP contribution in [0, 0.1) is 0 Å². The van der Waals surface area contributed by atoms with Crippen molar-refractivity contribution in [1.29, 1.82) is 0 Å². The second-order valence-corrected chi connectivity index (χ2v) is 6.96. The van der Waals surface area contributed by atoms with Gasteiger partial charge in [-0.15, -0.1) is 16.8 Å². The second-order valence-electron chi connectivity index (χ2n) is 5.58. The highest BCUT2D eigenvalue weighted by Gasteiger charge is 2.16. The predicted octanol–water partition coefficient (Wildman–Crippen LogP) is 4.18. The molecule has 1 heterocycles. The van der Waals surface area contributed by atoms with Crippen LogP contribution in [0.3, 0.4) is 0 Å². The zero-order chi connectivity index (χ0) is 18.2. The normalized spacial score (nSPS) is 10.9. The number of rotatable bonds is 9. The summed E-state index contributed by atoms with van der Waals surface area (Å²) in [7, 11) is 0. The van der Waals surface area contributed by atoms with Crippen LogP contribution < -0.4 is 5.32 Å². The molecule has 2 rings (SSSR count). The number of hydrogen-bond acceptors (Lipinski definition) is 4. The largest absolute Gasteiger partial charge is 0.353 e. The van der Waals surface area contributed by atoms with E-state index >= 15 is 0 Å². The predicted molar refractivity (Wildman–Crippen MR) is 104 cm³/mol. The van der Waals surface area contributed by atoms with Crippen LogP contribution in [0.25, 0.3) is 11.4 Å². The minimum atomic E-state index is 0.0138. The molecule has 2 aromatic rings. The number of aromatic nitrogens is 3. The average molecular weight is 379 g/mol. The van der Waals surface area contributed by atoms with Crippen molar-refractivity contribution in [1.82, 2.24) is 20.1 Å². The molecule has 1 amide bonds. The van der Waals surface area contributed by atoms with Crippen LogP contribution in [0.2, 0.25) is 5.02 Å². The van der Waals surface area contributed by atoms with Gasteiger partial charge in [-0.1, -0.05) is 43.3 Å². The minimum absolute atomic E-state index is 0.0138. The van der Waals surface area contributed by atoms with Crippen molar-refractivity contribution in [2.24, 2.45) is 0 Å². The summed E-state index contributed by atoms with van der Waals surface area (Å²) >= 11 is 7.33. The van der Waals surface area contributed by atoms with Crippen molar-refractivity contribution in [3.8, 4) is 11.4 Å². The highest BCUT2D eigenvalue weighted by atomic mass is 35.5. The van der Waals surface area contributed by atoms with E-state index in [2.05, 4.69) is 35.9 Å². The molecule has 0 fully saturated rings. The van der Waals surface area contributed by atoms with Crippen molar-refractivity contribution < 1.29 is 4.79 Å². The maximum absolute atomic E-state index is 12.1. The van der Waals surface area contributed by atoms with Crippen molar-refractivity contribution >= 4 is 29.3 Å². The fourth-order valence-corrected chi connectivity index (χ4v) is 3.28. The lowest BCUT2D eigenvalue weighted by Gasteiger charge is -2.14. The molecule has 7 heteroatoms. The van der Waals surface area contributed by atoms with Crippen molar-refractivity contribution in [2.45, 2.75) is 44.4 Å². The average Bonchev–Trinajstić information content (AvgIpc) is 3.01. The van der Waals surface area contributed by atoms with E-state index in [1.807, 2.05) is 28.8 Å². The number of allylic oxidation sites excluding steroid dienone is 1. The fourth-order valence-electron chi connectivity index (χ4n) is 2.39. The molecule has 1 N–H and O–H groups in total. The number of halogens is 1. The summed E-state index contributed by atoms with van der Waals surface area (Å²) in [6.45, 7) is 8.51. The van der Waals surface area contributed by atoms with Gasteiger partial charge in [-0.3, -0.25) is 9.36 Å². The van der Waals surface area contributed by atoms with Gasteiger partial charge in [-0.25, -0.2) is 0 Å². The first-order chi connectivity index (χ1) is 12.1. The molecule has 0 unspecified atom stereocenters. The maximum atomic E-state index is 12.1. The van der Waals surface area contributed by atoms with Gasteiger partial charge >= 0.3 is 0 Å². The number of nitrogens with zero attached hydrogens (tertiary/aromatic N) is 3. The van der Waals surface area contributed by atoms with Crippen LogP contribution in [0.15, 0.2) is 42.1 Å². The van der Waals surface area contributed by atoms with E-state index in [0.717, 1.165) is 24.2 Å². The molecule has 0 atom stereocenters. The third-order valence-corrected chi connectivity index (χ3v) is 5.03. The monoisotopic (exact) mass is 378 g/mol. The molecule has 0 saturated heterocycles. The van der Waals surface area contributed by atoms with Crippen LogP contribution in [0.1, 0.15) is 26.7 Å². The van der Waals surface area contributed by atoms with E-state index < -0.39 is 0 Å². The zero-order valence-corrected chi connectivity index (χ0v) is 16.1. The van der Waals surface area contributed by atoms with E-state index in [-0.39, 0.29) is 11.9 Å². The molecule has 25 heavy (non-hydrogen) atoms. The number of amides is 1. The minimum Gasteiger partial charge on any atom is -0.353 e. The van der Waals surface area contributed by atoms with Gasteiger partial charge in [0, 0.05) is 23.2 Å². The number of hydrogen-bond donors (Lipinski definition) is 1. The van der Waals surface area contributed by atoms with E-state index in [9.17, 15) is 4.79 Å². The van der Waals surface area contributed by atoms with Crippen LogP contribution in [-0.2, 0) is 11.3 Å². The molecule has 0 aliphatic rings. The molecular formula is C18H23ClN4OS. The summed E-state index contributed by atoms with van der Waals surface area (Å²) in [5.41, 5.74) is 0.923. The number of thioether (sulfide) groups is 1. The summed E-state index contributed by atoms with van der Waals surface area (Å²) in [4.78, 5) is 12.1. The third kappa shape index (κ3) is 5.34. The Bertz CT molecular complexity index is 710. The Kier molecular flexibility index (Phi) is 7.52. The number of carbonyl (C=O) groups is 1. The van der Waals surface area contributed by atoms with Crippen molar-refractivity contribution in [2.75, 3.05) is 5.75 Å².